The summed E-state index contributed by atoms with van der Waals surface area (Å²) < 4.78 is 0.598. The number of halogens is 1. The van der Waals surface area contributed by atoms with E-state index in [1.807, 2.05) is 0 Å². The third kappa shape index (κ3) is 5.35. The van der Waals surface area contributed by atoms with Crippen molar-refractivity contribution in [3.05, 3.63) is 68.7 Å². The number of urea groups is 1. The molecule has 2 aromatic heterocycles. The Morgan fingerprint density at radius 3 is 2.69 bits per heavy atom. The third-order valence-electron chi connectivity index (χ3n) is 4.03. The molecule has 0 bridgehead atoms. The Kier molecular flexibility index (Phi) is 6.25. The zero-order valence-electron chi connectivity index (χ0n) is 16.0. The number of carbonyl (C=O) groups excluding carboxylic acids is 2. The number of non-ortho nitro benzene ring substituents is 1. The molecule has 0 aliphatic rings. The summed E-state index contributed by atoms with van der Waals surface area (Å²) in [5.41, 5.74) is 1.53. The van der Waals surface area contributed by atoms with Gasteiger partial charge in [-0.2, -0.15) is 0 Å². The van der Waals surface area contributed by atoms with Crippen LogP contribution in [0.25, 0.3) is 10.2 Å². The maximum Gasteiger partial charge on any atom is 0.325 e. The lowest BCUT2D eigenvalue weighted by Gasteiger charge is -2.05. The molecule has 3 amide bonds. The summed E-state index contributed by atoms with van der Waals surface area (Å²) in [7, 11) is 0. The summed E-state index contributed by atoms with van der Waals surface area (Å²) in [6, 6.07) is 10.5. The molecule has 0 spiro atoms. The van der Waals surface area contributed by atoms with Crippen LogP contribution in [0.2, 0.25) is 5.02 Å². The average Bonchev–Trinajstić information content (AvgIpc) is 3.32. The SMILES string of the molecule is O=C(Cc1csc(NC(=O)Nc2cccc(Cl)c2)n1)Nc1nc2ccc([N+](=O)[O-])cc2s1. The maximum absolute atomic E-state index is 12.3. The van der Waals surface area contributed by atoms with Crippen molar-refractivity contribution >= 4 is 78.1 Å². The zero-order chi connectivity index (χ0) is 22.7. The van der Waals surface area contributed by atoms with Crippen LogP contribution in [-0.4, -0.2) is 26.8 Å². The van der Waals surface area contributed by atoms with Crippen LogP contribution in [0.3, 0.4) is 0 Å². The second kappa shape index (κ2) is 9.26. The van der Waals surface area contributed by atoms with Crippen molar-refractivity contribution in [1.29, 1.82) is 0 Å². The van der Waals surface area contributed by atoms with Crippen molar-refractivity contribution in [1.82, 2.24) is 9.97 Å². The van der Waals surface area contributed by atoms with Gasteiger partial charge in [0.25, 0.3) is 5.69 Å². The molecule has 0 atom stereocenters. The summed E-state index contributed by atoms with van der Waals surface area (Å²) in [5, 5.41) is 21.6. The highest BCUT2D eigenvalue weighted by atomic mass is 35.5. The predicted molar refractivity (Wildman–Crippen MR) is 125 cm³/mol. The van der Waals surface area contributed by atoms with Gasteiger partial charge in [0.2, 0.25) is 5.91 Å². The number of aromatic nitrogens is 2. The maximum atomic E-state index is 12.3. The number of carbonyl (C=O) groups is 2. The molecule has 4 aromatic rings. The van der Waals surface area contributed by atoms with Gasteiger partial charge >= 0.3 is 6.03 Å². The quantitative estimate of drug-likeness (QED) is 0.253. The number of nitrogens with one attached hydrogen (secondary N) is 3. The summed E-state index contributed by atoms with van der Waals surface area (Å²) in [6.07, 6.45) is -0.0236. The predicted octanol–water partition coefficient (Wildman–Crippen LogP) is 5.14. The fraction of sp³-hybridized carbons (Fsp3) is 0.0526. The number of anilines is 3. The average molecular weight is 489 g/mol. The largest absolute Gasteiger partial charge is 0.325 e. The Hall–Kier alpha value is -3.61. The molecular weight excluding hydrogens is 476 g/mol. The molecule has 162 valence electrons. The molecule has 2 aromatic carbocycles. The molecule has 0 aliphatic carbocycles. The smallest absolute Gasteiger partial charge is 0.308 e. The number of nitro groups is 1. The second-order valence-electron chi connectivity index (χ2n) is 6.39. The van der Waals surface area contributed by atoms with Crippen molar-refractivity contribution in [3.8, 4) is 0 Å². The lowest BCUT2D eigenvalue weighted by molar-refractivity contribution is -0.384. The fourth-order valence-corrected chi connectivity index (χ4v) is 4.49. The monoisotopic (exact) mass is 488 g/mol. The first-order chi connectivity index (χ1) is 15.4. The molecule has 13 heteroatoms. The van der Waals surface area contributed by atoms with Crippen molar-refractivity contribution in [2.75, 3.05) is 16.0 Å². The van der Waals surface area contributed by atoms with Gasteiger partial charge in [0.15, 0.2) is 10.3 Å². The molecule has 0 radical (unpaired) electrons. The number of hydrogen-bond donors (Lipinski definition) is 3. The molecule has 0 saturated carbocycles. The number of hydrogen-bond acceptors (Lipinski definition) is 8. The lowest BCUT2D eigenvalue weighted by atomic mass is 10.3. The molecule has 3 N–H and O–H groups in total. The van der Waals surface area contributed by atoms with Crippen molar-refractivity contribution in [2.24, 2.45) is 0 Å². The van der Waals surface area contributed by atoms with E-state index in [1.165, 1.54) is 29.5 Å². The van der Waals surface area contributed by atoms with Crippen LogP contribution in [0.15, 0.2) is 47.8 Å². The summed E-state index contributed by atoms with van der Waals surface area (Å²) in [4.78, 5) is 43.3. The van der Waals surface area contributed by atoms with Crippen LogP contribution >= 0.6 is 34.3 Å². The summed E-state index contributed by atoms with van der Waals surface area (Å²) in [6.45, 7) is 0. The normalized spacial score (nSPS) is 10.7. The minimum atomic E-state index is -0.486. The highest BCUT2D eigenvalue weighted by Crippen LogP contribution is 2.29. The number of fused-ring (bicyclic) bond motifs is 1. The number of amides is 3. The summed E-state index contributed by atoms with van der Waals surface area (Å²) in [5.74, 6) is -0.348. The Morgan fingerprint density at radius 1 is 1.06 bits per heavy atom. The molecule has 32 heavy (non-hydrogen) atoms. The van der Waals surface area contributed by atoms with E-state index >= 15 is 0 Å². The Morgan fingerprint density at radius 2 is 1.91 bits per heavy atom. The summed E-state index contributed by atoms with van der Waals surface area (Å²) >= 11 is 8.22. The van der Waals surface area contributed by atoms with Crippen LogP contribution in [0.5, 0.6) is 0 Å². The Labute approximate surface area is 193 Å². The van der Waals surface area contributed by atoms with E-state index in [-0.39, 0.29) is 18.0 Å². The second-order valence-corrected chi connectivity index (χ2v) is 8.71. The first-order valence-electron chi connectivity index (χ1n) is 8.98. The van der Waals surface area contributed by atoms with Crippen LogP contribution < -0.4 is 16.0 Å². The molecule has 2 heterocycles. The van der Waals surface area contributed by atoms with E-state index in [9.17, 15) is 19.7 Å². The van der Waals surface area contributed by atoms with Crippen LogP contribution in [0.4, 0.5) is 26.4 Å². The molecule has 0 aliphatic heterocycles. The molecule has 4 rings (SSSR count). The van der Waals surface area contributed by atoms with Gasteiger partial charge in [-0.05, 0) is 24.3 Å². The number of benzene rings is 2. The van der Waals surface area contributed by atoms with E-state index in [4.69, 9.17) is 11.6 Å². The number of nitrogens with zero attached hydrogens (tertiary/aromatic N) is 3. The molecule has 10 nitrogen and oxygen atoms in total. The van der Waals surface area contributed by atoms with E-state index in [2.05, 4.69) is 25.9 Å². The van der Waals surface area contributed by atoms with E-state index < -0.39 is 11.0 Å². The number of thiazole rings is 2. The Balaban J connectivity index is 1.34. The van der Waals surface area contributed by atoms with Gasteiger partial charge in [-0.25, -0.2) is 14.8 Å². The highest BCUT2D eigenvalue weighted by Gasteiger charge is 2.14. The fourth-order valence-electron chi connectivity index (χ4n) is 2.68. The van der Waals surface area contributed by atoms with E-state index in [1.54, 1.807) is 29.6 Å². The van der Waals surface area contributed by atoms with Gasteiger partial charge in [0, 0.05) is 28.2 Å². The van der Waals surface area contributed by atoms with Gasteiger partial charge in [-0.3, -0.25) is 20.2 Å². The lowest BCUT2D eigenvalue weighted by Crippen LogP contribution is -2.19. The molecule has 0 saturated heterocycles. The van der Waals surface area contributed by atoms with Crippen LogP contribution in [0.1, 0.15) is 5.69 Å². The van der Waals surface area contributed by atoms with Gasteiger partial charge in [-0.1, -0.05) is 29.0 Å². The topological polar surface area (TPSA) is 139 Å². The van der Waals surface area contributed by atoms with Crippen molar-refractivity contribution in [2.45, 2.75) is 6.42 Å². The highest BCUT2D eigenvalue weighted by molar-refractivity contribution is 7.22. The molecule has 0 fully saturated rings. The van der Waals surface area contributed by atoms with Crippen molar-refractivity contribution in [3.63, 3.8) is 0 Å². The van der Waals surface area contributed by atoms with Gasteiger partial charge in [0.1, 0.15) is 0 Å². The minimum Gasteiger partial charge on any atom is -0.308 e. The molecule has 0 unspecified atom stereocenters. The van der Waals surface area contributed by atoms with Gasteiger partial charge in [-0.15, -0.1) is 11.3 Å². The van der Waals surface area contributed by atoms with Gasteiger partial charge in [0.05, 0.1) is 27.3 Å². The van der Waals surface area contributed by atoms with E-state index in [0.717, 1.165) is 11.3 Å². The van der Waals surface area contributed by atoms with E-state index in [0.29, 0.717) is 36.9 Å². The first kappa shape index (κ1) is 21.6. The zero-order valence-corrected chi connectivity index (χ0v) is 18.4. The standard InChI is InChI=1S/C19H13ClN6O4S2/c20-10-2-1-3-11(6-10)21-17(28)25-18-22-12(9-31-18)7-16(27)24-19-23-14-5-4-13(26(29)30)8-15(14)32-19/h1-6,8-9H,7H2,(H,23,24,27)(H2,21,22,25,28). The Bertz CT molecular complexity index is 1340. The molecular formula is C19H13ClN6O4S2. The van der Waals surface area contributed by atoms with Gasteiger partial charge < -0.3 is 10.6 Å². The minimum absolute atomic E-state index is 0.0236. The van der Waals surface area contributed by atoms with Crippen LogP contribution in [0, 0.1) is 10.1 Å². The first-order valence-corrected chi connectivity index (χ1v) is 11.1. The number of rotatable bonds is 6. The van der Waals surface area contributed by atoms with Crippen molar-refractivity contribution < 1.29 is 14.5 Å². The number of nitro benzene ring substituents is 1. The third-order valence-corrected chi connectivity index (χ3v) is 6.00. The van der Waals surface area contributed by atoms with Crippen LogP contribution in [-0.2, 0) is 11.2 Å².